The van der Waals surface area contributed by atoms with E-state index in [1.54, 1.807) is 13.2 Å². The van der Waals surface area contributed by atoms with Crippen LogP contribution >= 0.6 is 35.1 Å². The molecule has 0 radical (unpaired) electrons. The van der Waals surface area contributed by atoms with Gasteiger partial charge in [-0.3, -0.25) is 10.2 Å². The molecule has 0 spiro atoms. The lowest BCUT2D eigenvalue weighted by atomic mass is 10.1. The van der Waals surface area contributed by atoms with Crippen LogP contribution in [-0.2, 0) is 4.79 Å². The molecule has 2 aromatic rings. The van der Waals surface area contributed by atoms with Gasteiger partial charge in [-0.15, -0.1) is 16.9 Å². The smallest absolute Gasteiger partial charge is 0.283 e. The van der Waals surface area contributed by atoms with E-state index in [0.29, 0.717) is 15.9 Å². The SMILES string of the molecule is COc1ccc(-n2c(C)cc(/C=C3/C(=N)N4N=C(SC)SC4=NC3=O)c2C)cc1Cl. The minimum Gasteiger partial charge on any atom is -0.495 e. The van der Waals surface area contributed by atoms with Crippen molar-refractivity contribution < 1.29 is 9.53 Å². The van der Waals surface area contributed by atoms with E-state index in [4.69, 9.17) is 21.7 Å². The maximum absolute atomic E-state index is 12.6. The molecule has 0 saturated heterocycles. The van der Waals surface area contributed by atoms with Gasteiger partial charge < -0.3 is 9.30 Å². The molecule has 4 rings (SSSR count). The van der Waals surface area contributed by atoms with Crippen molar-refractivity contribution in [2.75, 3.05) is 13.4 Å². The number of amides is 1. The van der Waals surface area contributed by atoms with Crippen molar-refractivity contribution in [2.45, 2.75) is 13.8 Å². The molecule has 0 atom stereocenters. The van der Waals surface area contributed by atoms with Crippen molar-refractivity contribution >= 4 is 62.5 Å². The predicted molar refractivity (Wildman–Crippen MR) is 125 cm³/mol. The van der Waals surface area contributed by atoms with Crippen molar-refractivity contribution in [2.24, 2.45) is 10.1 Å². The third-order valence-corrected chi connectivity index (χ3v) is 6.95. The summed E-state index contributed by atoms with van der Waals surface area (Å²) in [6, 6.07) is 7.54. The number of hydrogen-bond acceptors (Lipinski definition) is 6. The summed E-state index contributed by atoms with van der Waals surface area (Å²) in [6.07, 6.45) is 3.60. The average molecular weight is 460 g/mol. The standard InChI is InChI=1S/C20H18ClN5O2S2/c1-10-7-12(11(2)25(10)13-5-6-16(28-3)15(21)9-13)8-14-17(22)26-19(23-18(14)27)30-20(24-26)29-4/h5-9,22H,1-4H3/b14-8-,22-17?. The molecule has 3 heterocycles. The molecule has 1 N–H and O–H groups in total. The topological polar surface area (TPSA) is 83.0 Å². The Balaban J connectivity index is 1.74. The number of rotatable bonds is 3. The van der Waals surface area contributed by atoms with E-state index in [1.165, 1.54) is 28.5 Å². The van der Waals surface area contributed by atoms with Gasteiger partial charge in [-0.2, -0.15) is 10.0 Å². The van der Waals surface area contributed by atoms with E-state index >= 15 is 0 Å². The summed E-state index contributed by atoms with van der Waals surface area (Å²) in [5, 5.41) is 15.2. The van der Waals surface area contributed by atoms with Crippen LogP contribution in [-0.4, -0.2) is 44.2 Å². The normalized spacial score (nSPS) is 17.4. The average Bonchev–Trinajstić information content (AvgIpc) is 3.25. The summed E-state index contributed by atoms with van der Waals surface area (Å²) in [7, 11) is 1.58. The number of nitrogens with zero attached hydrogens (tertiary/aromatic N) is 4. The van der Waals surface area contributed by atoms with Crippen LogP contribution in [0.2, 0.25) is 5.02 Å². The maximum Gasteiger partial charge on any atom is 0.283 e. The largest absolute Gasteiger partial charge is 0.495 e. The monoisotopic (exact) mass is 459 g/mol. The number of hydrogen-bond donors (Lipinski definition) is 1. The third-order valence-electron chi connectivity index (χ3n) is 4.77. The minimum absolute atomic E-state index is 0.0267. The molecule has 0 bridgehead atoms. The number of aryl methyl sites for hydroxylation is 1. The molecule has 2 aliphatic rings. The molecule has 30 heavy (non-hydrogen) atoms. The highest BCUT2D eigenvalue weighted by molar-refractivity contribution is 8.45. The lowest BCUT2D eigenvalue weighted by molar-refractivity contribution is -0.114. The molecule has 154 valence electrons. The molecule has 2 aliphatic heterocycles. The molecule has 0 unspecified atom stereocenters. The molecule has 1 amide bonds. The van der Waals surface area contributed by atoms with Crippen LogP contribution in [0.25, 0.3) is 11.8 Å². The van der Waals surface area contributed by atoms with Gasteiger partial charge in [-0.05, 0) is 67.8 Å². The lowest BCUT2D eigenvalue weighted by Gasteiger charge is -2.20. The quantitative estimate of drug-likeness (QED) is 0.673. The van der Waals surface area contributed by atoms with Gasteiger partial charge in [0.15, 0.2) is 10.2 Å². The van der Waals surface area contributed by atoms with Crippen molar-refractivity contribution in [1.82, 2.24) is 9.58 Å². The van der Waals surface area contributed by atoms with Crippen LogP contribution in [0.5, 0.6) is 5.75 Å². The number of hydrazone groups is 1. The predicted octanol–water partition coefficient (Wildman–Crippen LogP) is 4.70. The van der Waals surface area contributed by atoms with Crippen LogP contribution in [0.3, 0.4) is 0 Å². The fourth-order valence-corrected chi connectivity index (χ4v) is 4.94. The van der Waals surface area contributed by atoms with Gasteiger partial charge in [0.1, 0.15) is 5.75 Å². The van der Waals surface area contributed by atoms with Crippen molar-refractivity contribution in [3.05, 3.63) is 51.8 Å². The number of thioether (sulfide) groups is 2. The highest BCUT2D eigenvalue weighted by Crippen LogP contribution is 2.33. The van der Waals surface area contributed by atoms with Crippen molar-refractivity contribution in [3.8, 4) is 11.4 Å². The number of aromatic nitrogens is 1. The Labute approximate surface area is 187 Å². The molecular weight excluding hydrogens is 442 g/mol. The molecule has 7 nitrogen and oxygen atoms in total. The summed E-state index contributed by atoms with van der Waals surface area (Å²) in [6.45, 7) is 3.93. The van der Waals surface area contributed by atoms with Gasteiger partial charge >= 0.3 is 0 Å². The number of ether oxygens (including phenoxy) is 1. The summed E-state index contributed by atoms with van der Waals surface area (Å²) in [5.74, 6) is 0.196. The van der Waals surface area contributed by atoms with E-state index in [1.807, 2.05) is 48.9 Å². The van der Waals surface area contributed by atoms with Crippen molar-refractivity contribution in [1.29, 1.82) is 5.41 Å². The fraction of sp³-hybridized carbons (Fsp3) is 0.200. The first-order valence-electron chi connectivity index (χ1n) is 8.91. The zero-order valence-corrected chi connectivity index (χ0v) is 19.1. The maximum atomic E-state index is 12.6. The van der Waals surface area contributed by atoms with E-state index in [-0.39, 0.29) is 11.4 Å². The van der Waals surface area contributed by atoms with E-state index in [9.17, 15) is 4.79 Å². The highest BCUT2D eigenvalue weighted by atomic mass is 35.5. The molecule has 0 saturated carbocycles. The summed E-state index contributed by atoms with van der Waals surface area (Å²) in [4.78, 5) is 16.7. The first-order chi connectivity index (χ1) is 14.3. The molecule has 1 aromatic heterocycles. The molecule has 0 fully saturated rings. The van der Waals surface area contributed by atoms with E-state index in [0.717, 1.165) is 27.0 Å². The van der Waals surface area contributed by atoms with E-state index < -0.39 is 5.91 Å². The third kappa shape index (κ3) is 3.46. The Kier molecular flexibility index (Phi) is 5.52. The molecule has 1 aromatic carbocycles. The highest BCUT2D eigenvalue weighted by Gasteiger charge is 2.35. The summed E-state index contributed by atoms with van der Waals surface area (Å²) in [5.41, 5.74) is 3.81. The van der Waals surface area contributed by atoms with Gasteiger partial charge in [0.05, 0.1) is 17.7 Å². The van der Waals surface area contributed by atoms with Crippen molar-refractivity contribution in [3.63, 3.8) is 0 Å². The van der Waals surface area contributed by atoms with Gasteiger partial charge in [-0.25, -0.2) is 0 Å². The minimum atomic E-state index is -0.436. The summed E-state index contributed by atoms with van der Waals surface area (Å²) < 4.78 is 8.03. The van der Waals surface area contributed by atoms with Crippen LogP contribution in [0.15, 0.2) is 39.9 Å². The number of halogens is 1. The molecule has 0 aliphatic carbocycles. The Morgan fingerprint density at radius 2 is 2.07 bits per heavy atom. The van der Waals surface area contributed by atoms with Gasteiger partial charge in [0.25, 0.3) is 5.91 Å². The Hall–Kier alpha value is -2.49. The van der Waals surface area contributed by atoms with Crippen LogP contribution in [0.1, 0.15) is 17.0 Å². The number of carbonyl (C=O) groups is 1. The number of amidine groups is 2. The number of aliphatic imine (C=N–C) groups is 1. The first-order valence-corrected chi connectivity index (χ1v) is 11.3. The fourth-order valence-electron chi connectivity index (χ4n) is 3.34. The molecular formula is C20H18ClN5O2S2. The van der Waals surface area contributed by atoms with Gasteiger partial charge in [0.2, 0.25) is 5.17 Å². The zero-order chi connectivity index (χ0) is 21.6. The van der Waals surface area contributed by atoms with E-state index in [2.05, 4.69) is 10.1 Å². The van der Waals surface area contributed by atoms with Crippen LogP contribution < -0.4 is 4.74 Å². The Morgan fingerprint density at radius 3 is 2.73 bits per heavy atom. The summed E-state index contributed by atoms with van der Waals surface area (Å²) >= 11 is 9.05. The van der Waals surface area contributed by atoms with Gasteiger partial charge in [-0.1, -0.05) is 11.6 Å². The molecule has 10 heteroatoms. The lowest BCUT2D eigenvalue weighted by Crippen LogP contribution is -2.35. The second kappa shape index (κ2) is 7.98. The van der Waals surface area contributed by atoms with Crippen LogP contribution in [0, 0.1) is 19.3 Å². The Morgan fingerprint density at radius 1 is 1.30 bits per heavy atom. The number of methoxy groups -OCH3 is 1. The van der Waals surface area contributed by atoms with Crippen LogP contribution in [0.4, 0.5) is 0 Å². The second-order valence-electron chi connectivity index (χ2n) is 6.57. The van der Waals surface area contributed by atoms with Gasteiger partial charge in [0, 0.05) is 17.1 Å². The zero-order valence-electron chi connectivity index (χ0n) is 16.7. The second-order valence-corrected chi connectivity index (χ2v) is 8.99. The number of carbonyl (C=O) groups excluding carboxylic acids is 1. The Bertz CT molecular complexity index is 1180. The number of fused-ring (bicyclic) bond motifs is 1. The number of nitrogens with one attached hydrogen (secondary N) is 1. The first kappa shape index (κ1) is 20.8. The number of benzene rings is 1.